The molecule has 0 aromatic heterocycles. The smallest absolute Gasteiger partial charge is 0.00714 e. The third-order valence-electron chi connectivity index (χ3n) is 4.71. The molecule has 0 spiro atoms. The van der Waals surface area contributed by atoms with E-state index in [1.165, 1.54) is 38.5 Å². The van der Waals surface area contributed by atoms with Crippen LogP contribution in [0.5, 0.6) is 0 Å². The predicted molar refractivity (Wildman–Crippen MR) is 72.4 cm³/mol. The minimum absolute atomic E-state index is 0.743. The molecule has 3 rings (SSSR count). The number of benzene rings is 1. The van der Waals surface area contributed by atoms with E-state index in [-0.39, 0.29) is 0 Å². The minimum atomic E-state index is 0.743. The summed E-state index contributed by atoms with van der Waals surface area (Å²) in [6, 6.07) is 7.29. The van der Waals surface area contributed by atoms with Gasteiger partial charge in [0.25, 0.3) is 0 Å². The van der Waals surface area contributed by atoms with E-state index in [0.717, 1.165) is 24.8 Å². The van der Waals surface area contributed by atoms with Gasteiger partial charge in [-0.1, -0.05) is 31.0 Å². The fourth-order valence-electron chi connectivity index (χ4n) is 3.74. The Kier molecular flexibility index (Phi) is 3.19. The standard InChI is InChI=1S/C16H23N/c17-10-9-13-5-6-15-11-14(7-8-16(13)15)12-3-1-2-4-12/h7-8,11-13H,1-6,9-10,17H2. The average molecular weight is 229 g/mol. The molecule has 1 aromatic carbocycles. The molecule has 2 aliphatic rings. The normalized spacial score (nSPS) is 24.2. The summed E-state index contributed by atoms with van der Waals surface area (Å²) < 4.78 is 0. The van der Waals surface area contributed by atoms with Crippen molar-refractivity contribution in [2.75, 3.05) is 6.54 Å². The molecule has 2 aliphatic carbocycles. The molecule has 1 heteroatoms. The van der Waals surface area contributed by atoms with Crippen molar-refractivity contribution in [2.24, 2.45) is 5.73 Å². The van der Waals surface area contributed by atoms with E-state index < -0.39 is 0 Å². The van der Waals surface area contributed by atoms with Gasteiger partial charge in [-0.05, 0) is 67.2 Å². The SMILES string of the molecule is NCCC1CCc2cc(C3CCCC3)ccc21. The lowest BCUT2D eigenvalue weighted by atomic mass is 9.92. The van der Waals surface area contributed by atoms with E-state index in [2.05, 4.69) is 18.2 Å². The molecular weight excluding hydrogens is 206 g/mol. The number of hydrogen-bond donors (Lipinski definition) is 1. The number of rotatable bonds is 3. The first-order valence-corrected chi connectivity index (χ1v) is 7.21. The van der Waals surface area contributed by atoms with Crippen molar-refractivity contribution < 1.29 is 0 Å². The van der Waals surface area contributed by atoms with E-state index in [0.29, 0.717) is 0 Å². The van der Waals surface area contributed by atoms with Gasteiger partial charge in [0.2, 0.25) is 0 Å². The highest BCUT2D eigenvalue weighted by molar-refractivity contribution is 5.39. The van der Waals surface area contributed by atoms with Crippen LogP contribution in [0.1, 0.15) is 67.1 Å². The molecule has 1 saturated carbocycles. The maximum Gasteiger partial charge on any atom is -0.00714 e. The largest absolute Gasteiger partial charge is 0.330 e. The Labute approximate surface area is 104 Å². The number of aryl methyl sites for hydroxylation is 1. The van der Waals surface area contributed by atoms with Gasteiger partial charge in [-0.15, -0.1) is 0 Å². The van der Waals surface area contributed by atoms with Crippen molar-refractivity contribution in [1.82, 2.24) is 0 Å². The van der Waals surface area contributed by atoms with Gasteiger partial charge in [-0.3, -0.25) is 0 Å². The lowest BCUT2D eigenvalue weighted by Gasteiger charge is -2.13. The van der Waals surface area contributed by atoms with Crippen molar-refractivity contribution in [2.45, 2.75) is 56.8 Å². The van der Waals surface area contributed by atoms with E-state index in [9.17, 15) is 0 Å². The molecule has 92 valence electrons. The first kappa shape index (κ1) is 11.3. The predicted octanol–water partition coefficient (Wildman–Crippen LogP) is 3.72. The van der Waals surface area contributed by atoms with Gasteiger partial charge in [0.15, 0.2) is 0 Å². The maximum atomic E-state index is 5.69. The van der Waals surface area contributed by atoms with Crippen LogP contribution < -0.4 is 5.73 Å². The van der Waals surface area contributed by atoms with E-state index in [4.69, 9.17) is 5.73 Å². The molecule has 2 N–H and O–H groups in total. The van der Waals surface area contributed by atoms with Crippen molar-refractivity contribution in [3.63, 3.8) is 0 Å². The average Bonchev–Trinajstić information content (AvgIpc) is 2.98. The molecule has 0 radical (unpaired) electrons. The second-order valence-corrected chi connectivity index (χ2v) is 5.75. The number of fused-ring (bicyclic) bond motifs is 1. The summed E-state index contributed by atoms with van der Waals surface area (Å²) in [5.74, 6) is 1.60. The fraction of sp³-hybridized carbons (Fsp3) is 0.625. The van der Waals surface area contributed by atoms with Crippen molar-refractivity contribution >= 4 is 0 Å². The van der Waals surface area contributed by atoms with Gasteiger partial charge >= 0.3 is 0 Å². The topological polar surface area (TPSA) is 26.0 Å². The van der Waals surface area contributed by atoms with Gasteiger partial charge < -0.3 is 5.73 Å². The highest BCUT2D eigenvalue weighted by Gasteiger charge is 2.24. The van der Waals surface area contributed by atoms with Crippen LogP contribution in [-0.2, 0) is 6.42 Å². The van der Waals surface area contributed by atoms with Crippen LogP contribution in [0.2, 0.25) is 0 Å². The summed E-state index contributed by atoms with van der Waals surface area (Å²) in [5.41, 5.74) is 10.5. The van der Waals surface area contributed by atoms with Crippen LogP contribution in [0, 0.1) is 0 Å². The lowest BCUT2D eigenvalue weighted by molar-refractivity contribution is 0.627. The molecule has 0 saturated heterocycles. The Hall–Kier alpha value is -0.820. The first-order chi connectivity index (χ1) is 8.38. The zero-order valence-corrected chi connectivity index (χ0v) is 10.6. The molecular formula is C16H23N. The van der Waals surface area contributed by atoms with Crippen molar-refractivity contribution in [3.8, 4) is 0 Å². The Bertz CT molecular complexity index is 391. The Morgan fingerprint density at radius 2 is 1.94 bits per heavy atom. The Morgan fingerprint density at radius 1 is 1.12 bits per heavy atom. The van der Waals surface area contributed by atoms with Crippen LogP contribution in [-0.4, -0.2) is 6.54 Å². The molecule has 0 amide bonds. The van der Waals surface area contributed by atoms with Crippen LogP contribution in [0.4, 0.5) is 0 Å². The quantitative estimate of drug-likeness (QED) is 0.840. The van der Waals surface area contributed by atoms with Crippen LogP contribution in [0.25, 0.3) is 0 Å². The second kappa shape index (κ2) is 4.81. The number of nitrogens with two attached hydrogens (primary N) is 1. The van der Waals surface area contributed by atoms with Crippen molar-refractivity contribution in [1.29, 1.82) is 0 Å². The number of hydrogen-bond acceptors (Lipinski definition) is 1. The summed E-state index contributed by atoms with van der Waals surface area (Å²) in [7, 11) is 0. The van der Waals surface area contributed by atoms with Gasteiger partial charge in [-0.2, -0.15) is 0 Å². The highest BCUT2D eigenvalue weighted by atomic mass is 14.5. The van der Waals surface area contributed by atoms with Crippen LogP contribution in [0.15, 0.2) is 18.2 Å². The Morgan fingerprint density at radius 3 is 2.71 bits per heavy atom. The van der Waals surface area contributed by atoms with Crippen molar-refractivity contribution in [3.05, 3.63) is 34.9 Å². The maximum absolute atomic E-state index is 5.69. The lowest BCUT2D eigenvalue weighted by Crippen LogP contribution is -2.04. The van der Waals surface area contributed by atoms with Crippen LogP contribution in [0.3, 0.4) is 0 Å². The molecule has 1 aromatic rings. The van der Waals surface area contributed by atoms with Crippen LogP contribution >= 0.6 is 0 Å². The molecule has 1 unspecified atom stereocenters. The highest BCUT2D eigenvalue weighted by Crippen LogP contribution is 2.39. The van der Waals surface area contributed by atoms with E-state index >= 15 is 0 Å². The third kappa shape index (κ3) is 2.13. The third-order valence-corrected chi connectivity index (χ3v) is 4.71. The first-order valence-electron chi connectivity index (χ1n) is 7.21. The molecule has 0 aliphatic heterocycles. The minimum Gasteiger partial charge on any atom is -0.330 e. The van der Waals surface area contributed by atoms with Gasteiger partial charge in [0.1, 0.15) is 0 Å². The monoisotopic (exact) mass is 229 g/mol. The molecule has 1 nitrogen and oxygen atoms in total. The zero-order valence-electron chi connectivity index (χ0n) is 10.6. The summed E-state index contributed by atoms with van der Waals surface area (Å²) in [6.45, 7) is 0.828. The zero-order chi connectivity index (χ0) is 11.7. The summed E-state index contributed by atoms with van der Waals surface area (Å²) in [5, 5.41) is 0. The van der Waals surface area contributed by atoms with Gasteiger partial charge in [0, 0.05) is 0 Å². The molecule has 1 atom stereocenters. The van der Waals surface area contributed by atoms with Gasteiger partial charge in [-0.25, -0.2) is 0 Å². The van der Waals surface area contributed by atoms with Gasteiger partial charge in [0.05, 0.1) is 0 Å². The molecule has 0 bridgehead atoms. The summed E-state index contributed by atoms with van der Waals surface area (Å²) in [6.07, 6.45) is 9.43. The Balaban J connectivity index is 1.83. The molecule has 17 heavy (non-hydrogen) atoms. The fourth-order valence-corrected chi connectivity index (χ4v) is 3.74. The second-order valence-electron chi connectivity index (χ2n) is 5.75. The molecule has 1 fully saturated rings. The van der Waals surface area contributed by atoms with E-state index in [1.54, 1.807) is 16.7 Å². The summed E-state index contributed by atoms with van der Waals surface area (Å²) >= 11 is 0. The van der Waals surface area contributed by atoms with E-state index in [1.807, 2.05) is 0 Å². The molecule has 0 heterocycles. The summed E-state index contributed by atoms with van der Waals surface area (Å²) in [4.78, 5) is 0.